The minimum Gasteiger partial charge on any atom is -0.497 e. The number of aliphatic hydroxyl groups is 3. The maximum absolute atomic E-state index is 13.2. The van der Waals surface area contributed by atoms with Crippen LogP contribution in [0, 0.1) is 46.3 Å². The maximum Gasteiger partial charge on any atom is 0.338 e. The summed E-state index contributed by atoms with van der Waals surface area (Å²) in [5, 5.41) is 32.7. The lowest BCUT2D eigenvalue weighted by atomic mass is 9.47. The Morgan fingerprint density at radius 3 is 2.26 bits per heavy atom. The van der Waals surface area contributed by atoms with E-state index in [1.807, 2.05) is 0 Å². The van der Waals surface area contributed by atoms with Crippen LogP contribution in [0.1, 0.15) is 103 Å². The largest absolute Gasteiger partial charge is 0.497 e. The molecule has 19 atom stereocenters. The van der Waals surface area contributed by atoms with Gasteiger partial charge in [0, 0.05) is 19.3 Å². The number of esters is 2. The first-order valence-corrected chi connectivity index (χ1v) is 22.8. The summed E-state index contributed by atoms with van der Waals surface area (Å²) in [6.45, 7) is 11.2. The quantitative estimate of drug-likeness (QED) is 0.233. The number of rotatable bonds is 8. The Morgan fingerprint density at radius 1 is 0.820 bits per heavy atom. The monoisotopic (exact) mass is 854 g/mol. The lowest BCUT2D eigenvalue weighted by molar-refractivity contribution is -0.339. The summed E-state index contributed by atoms with van der Waals surface area (Å²) < 4.78 is 54.8. The summed E-state index contributed by atoms with van der Waals surface area (Å²) in [4.78, 5) is 25.8. The van der Waals surface area contributed by atoms with Crippen molar-refractivity contribution in [3.8, 4) is 5.75 Å². The average molecular weight is 855 g/mol. The SMILES string of the molecule is COc1ccc(C(=O)O[C@H]2[C@H](O[C@@H]3[C@@H](OC(C)=O)[C@H](O[C@H]4CC[C@@]5(C)C(=CC[C@H]6[C@@H]7C[C@@H]8O[C@@]9(CC[C@@H](C)CO9)[C@@H](C)[C@@H]8[C@@]7(C)CC[C@@H]65)C4)OC[C@@H]3O)OC[C@@H](O)[C@@H]2O)cc1. The van der Waals surface area contributed by atoms with Crippen LogP contribution in [0.4, 0.5) is 0 Å². The molecule has 4 aliphatic carbocycles. The van der Waals surface area contributed by atoms with Gasteiger partial charge in [-0.3, -0.25) is 4.79 Å². The van der Waals surface area contributed by atoms with Crippen LogP contribution in [0.15, 0.2) is 35.9 Å². The predicted molar refractivity (Wildman–Crippen MR) is 217 cm³/mol. The zero-order valence-electron chi connectivity index (χ0n) is 36.4. The van der Waals surface area contributed by atoms with Gasteiger partial charge in [-0.1, -0.05) is 39.3 Å². The molecule has 4 heterocycles. The zero-order valence-corrected chi connectivity index (χ0v) is 36.4. The first-order valence-electron chi connectivity index (χ1n) is 22.8. The summed E-state index contributed by atoms with van der Waals surface area (Å²) in [6.07, 6.45) is 0.917. The predicted octanol–water partition coefficient (Wildman–Crippen LogP) is 5.08. The molecule has 0 bridgehead atoms. The summed E-state index contributed by atoms with van der Waals surface area (Å²) in [7, 11) is 1.50. The lowest BCUT2D eigenvalue weighted by Gasteiger charge is -2.58. The van der Waals surface area contributed by atoms with Gasteiger partial charge in [0.1, 0.15) is 30.2 Å². The molecule has 338 valence electrons. The Morgan fingerprint density at radius 2 is 1.56 bits per heavy atom. The molecule has 8 aliphatic rings. The van der Waals surface area contributed by atoms with Gasteiger partial charge in [0.25, 0.3) is 0 Å². The minimum atomic E-state index is -1.58. The van der Waals surface area contributed by atoms with Crippen LogP contribution in [0.5, 0.6) is 5.75 Å². The van der Waals surface area contributed by atoms with Crippen LogP contribution in [0.2, 0.25) is 0 Å². The van der Waals surface area contributed by atoms with E-state index < -0.39 is 66.9 Å². The molecule has 3 saturated carbocycles. The van der Waals surface area contributed by atoms with Gasteiger partial charge in [-0.2, -0.15) is 0 Å². The van der Waals surface area contributed by atoms with Crippen molar-refractivity contribution < 1.29 is 67.5 Å². The Kier molecular flexibility index (Phi) is 11.9. The molecule has 1 aromatic carbocycles. The molecule has 1 spiro atoms. The average Bonchev–Trinajstić information content (AvgIpc) is 3.69. The molecule has 4 aliphatic heterocycles. The standard InChI is InChI=1S/C47H66O14/c1-24-13-18-47(56-21-24)25(2)37-36(61-47)20-33-31-12-9-28-19-30(14-16-45(28,4)32(31)15-17-46(33,37)5)58-44-41(57-26(3)48)39(35(50)23-55-44)60-43-40(38(51)34(49)22-54-43)59-42(52)27-7-10-29(53-6)11-8-27/h7-11,24-25,30-41,43-44,49-51H,12-23H2,1-6H3/t24-,25+,30+,31-,32+,33+,34-,35+,36+,37+,38+,39+,40-,41-,43+,44+,45+,46+,47+/m1/s1. The molecule has 4 saturated heterocycles. The molecule has 0 radical (unpaired) electrons. The van der Waals surface area contributed by atoms with Crippen molar-refractivity contribution in [3.63, 3.8) is 0 Å². The number of hydrogen-bond donors (Lipinski definition) is 3. The number of aliphatic hydroxyl groups excluding tert-OH is 3. The highest BCUT2D eigenvalue weighted by atomic mass is 16.8. The number of carbonyl (C=O) groups is 2. The van der Waals surface area contributed by atoms with Crippen LogP contribution in [-0.2, 0) is 42.7 Å². The number of allylic oxidation sites excluding steroid dienone is 1. The van der Waals surface area contributed by atoms with E-state index in [2.05, 4.69) is 33.8 Å². The zero-order chi connectivity index (χ0) is 43.0. The van der Waals surface area contributed by atoms with Crippen LogP contribution in [0.25, 0.3) is 0 Å². The topological polar surface area (TPSA) is 178 Å². The highest BCUT2D eigenvalue weighted by Crippen LogP contribution is 2.70. The highest BCUT2D eigenvalue weighted by Gasteiger charge is 2.69. The molecule has 0 amide bonds. The first-order chi connectivity index (χ1) is 29.1. The van der Waals surface area contributed by atoms with E-state index in [1.54, 1.807) is 12.1 Å². The number of benzene rings is 1. The van der Waals surface area contributed by atoms with Gasteiger partial charge >= 0.3 is 11.9 Å². The van der Waals surface area contributed by atoms with E-state index in [0.717, 1.165) is 45.1 Å². The molecule has 0 unspecified atom stereocenters. The number of ether oxygens (including phenoxy) is 9. The van der Waals surface area contributed by atoms with Crippen LogP contribution in [-0.4, -0.2) is 121 Å². The molecule has 14 nitrogen and oxygen atoms in total. The van der Waals surface area contributed by atoms with Crippen LogP contribution in [0.3, 0.4) is 0 Å². The van der Waals surface area contributed by atoms with Crippen LogP contribution < -0.4 is 4.74 Å². The Bertz CT molecular complexity index is 1790. The van der Waals surface area contributed by atoms with Gasteiger partial charge in [-0.25, -0.2) is 4.79 Å². The fourth-order valence-electron chi connectivity index (χ4n) is 13.4. The number of fused-ring (bicyclic) bond motifs is 7. The van der Waals surface area contributed by atoms with Crippen molar-refractivity contribution >= 4 is 11.9 Å². The summed E-state index contributed by atoms with van der Waals surface area (Å²) in [6, 6.07) is 6.18. The molecule has 9 rings (SSSR count). The summed E-state index contributed by atoms with van der Waals surface area (Å²) >= 11 is 0. The van der Waals surface area contributed by atoms with Crippen molar-refractivity contribution in [2.24, 2.45) is 46.3 Å². The number of hydrogen-bond acceptors (Lipinski definition) is 14. The second kappa shape index (κ2) is 16.7. The number of methoxy groups -OCH3 is 1. The van der Waals surface area contributed by atoms with Crippen molar-refractivity contribution in [2.45, 2.75) is 160 Å². The molecule has 7 fully saturated rings. The van der Waals surface area contributed by atoms with Gasteiger partial charge in [0.2, 0.25) is 0 Å². The van der Waals surface area contributed by atoms with Crippen molar-refractivity contribution in [1.82, 2.24) is 0 Å². The fourth-order valence-corrected chi connectivity index (χ4v) is 13.4. The highest BCUT2D eigenvalue weighted by molar-refractivity contribution is 5.89. The molecule has 61 heavy (non-hydrogen) atoms. The number of carbonyl (C=O) groups excluding carboxylic acids is 2. The van der Waals surface area contributed by atoms with Crippen molar-refractivity contribution in [2.75, 3.05) is 26.9 Å². The first kappa shape index (κ1) is 43.6. The van der Waals surface area contributed by atoms with E-state index in [9.17, 15) is 24.9 Å². The van der Waals surface area contributed by atoms with E-state index in [0.29, 0.717) is 47.7 Å². The molecule has 3 N–H and O–H groups in total. The fraction of sp³-hybridized carbons (Fsp3) is 0.787. The van der Waals surface area contributed by atoms with Gasteiger partial charge in [-0.05, 0) is 116 Å². The Labute approximate surface area is 358 Å². The van der Waals surface area contributed by atoms with Gasteiger partial charge in [-0.15, -0.1) is 0 Å². The van der Waals surface area contributed by atoms with E-state index in [4.69, 9.17) is 42.6 Å². The van der Waals surface area contributed by atoms with E-state index in [-0.39, 0.29) is 41.8 Å². The van der Waals surface area contributed by atoms with Crippen molar-refractivity contribution in [3.05, 3.63) is 41.5 Å². The molecular formula is C47H66O14. The van der Waals surface area contributed by atoms with E-state index >= 15 is 0 Å². The third-order valence-electron chi connectivity index (χ3n) is 16.6. The van der Waals surface area contributed by atoms with Gasteiger partial charge < -0.3 is 58.0 Å². The third-order valence-corrected chi connectivity index (χ3v) is 16.6. The molecule has 1 aromatic rings. The van der Waals surface area contributed by atoms with Gasteiger partial charge in [0.05, 0.1) is 44.7 Å². The van der Waals surface area contributed by atoms with E-state index in [1.165, 1.54) is 44.6 Å². The van der Waals surface area contributed by atoms with Gasteiger partial charge in [0.15, 0.2) is 30.6 Å². The minimum absolute atomic E-state index is 0.0463. The Balaban J connectivity index is 0.874. The normalized spacial score (nSPS) is 47.9. The summed E-state index contributed by atoms with van der Waals surface area (Å²) in [5.74, 6) is 1.96. The molecular weight excluding hydrogens is 789 g/mol. The van der Waals surface area contributed by atoms with Crippen LogP contribution >= 0.6 is 0 Å². The lowest BCUT2D eigenvalue weighted by Crippen LogP contribution is -2.62. The Hall–Kier alpha value is -2.66. The second-order valence-corrected chi connectivity index (χ2v) is 20.1. The van der Waals surface area contributed by atoms with Crippen molar-refractivity contribution in [1.29, 1.82) is 0 Å². The molecule has 0 aromatic heterocycles. The summed E-state index contributed by atoms with van der Waals surface area (Å²) in [5.41, 5.74) is 1.86. The second-order valence-electron chi connectivity index (χ2n) is 20.1. The smallest absolute Gasteiger partial charge is 0.338 e. The third kappa shape index (κ3) is 7.67. The molecule has 14 heteroatoms. The maximum atomic E-state index is 13.2.